The minimum Gasteiger partial charge on any atom is -0.490 e. The summed E-state index contributed by atoms with van der Waals surface area (Å²) in [6, 6.07) is 13.9. The first kappa shape index (κ1) is 23.5. The van der Waals surface area contributed by atoms with Crippen molar-refractivity contribution < 1.29 is 13.9 Å². The maximum Gasteiger partial charge on any atom is 0.274 e. The van der Waals surface area contributed by atoms with Gasteiger partial charge in [0.05, 0.1) is 22.2 Å². The van der Waals surface area contributed by atoms with E-state index in [9.17, 15) is 9.18 Å². The summed E-state index contributed by atoms with van der Waals surface area (Å²) in [5.74, 6) is 0.832. The Labute approximate surface area is 213 Å². The number of thiazole rings is 1. The number of hydrogen-bond donors (Lipinski definition) is 0. The zero-order valence-electron chi connectivity index (χ0n) is 19.4. The fourth-order valence-corrected chi connectivity index (χ4v) is 5.26. The summed E-state index contributed by atoms with van der Waals surface area (Å²) in [7, 11) is 0. The van der Waals surface area contributed by atoms with Gasteiger partial charge in [-0.1, -0.05) is 39.4 Å². The monoisotopic (exact) mass is 552 g/mol. The van der Waals surface area contributed by atoms with Crippen LogP contribution >= 0.6 is 27.3 Å². The first-order chi connectivity index (χ1) is 16.8. The van der Waals surface area contributed by atoms with Crippen molar-refractivity contribution in [1.82, 2.24) is 9.38 Å². The lowest BCUT2D eigenvalue weighted by molar-refractivity contribution is 0.269. The summed E-state index contributed by atoms with van der Waals surface area (Å²) in [6.45, 7) is 6.70. The van der Waals surface area contributed by atoms with Crippen LogP contribution in [-0.4, -0.2) is 16.0 Å². The van der Waals surface area contributed by atoms with Crippen molar-refractivity contribution in [3.63, 3.8) is 0 Å². The van der Waals surface area contributed by atoms with Gasteiger partial charge in [-0.15, -0.1) is 0 Å². The molecule has 0 saturated carbocycles. The average molecular weight is 553 g/mol. The van der Waals surface area contributed by atoms with E-state index in [0.717, 1.165) is 37.8 Å². The molecule has 0 aliphatic heterocycles. The van der Waals surface area contributed by atoms with Crippen molar-refractivity contribution in [2.75, 3.05) is 6.61 Å². The number of ether oxygens (including phenoxy) is 2. The highest BCUT2D eigenvalue weighted by Gasteiger charge is 2.14. The van der Waals surface area contributed by atoms with Crippen LogP contribution in [0.4, 0.5) is 4.39 Å². The molecular formula is C27H22BrFN2O3S. The van der Waals surface area contributed by atoms with E-state index in [1.807, 2.05) is 51.1 Å². The summed E-state index contributed by atoms with van der Waals surface area (Å²) in [4.78, 5) is 18.6. The van der Waals surface area contributed by atoms with E-state index in [1.165, 1.54) is 23.5 Å². The van der Waals surface area contributed by atoms with Gasteiger partial charge >= 0.3 is 0 Å². The van der Waals surface area contributed by atoms with Gasteiger partial charge in [0.1, 0.15) is 12.4 Å². The second-order valence-corrected chi connectivity index (χ2v) is 10.1. The Kier molecular flexibility index (Phi) is 6.34. The lowest BCUT2D eigenvalue weighted by atomic mass is 10.1. The van der Waals surface area contributed by atoms with Gasteiger partial charge in [-0.05, 0) is 85.5 Å². The molecule has 2 heterocycles. The smallest absolute Gasteiger partial charge is 0.274 e. The fourth-order valence-electron chi connectivity index (χ4n) is 3.84. The highest BCUT2D eigenvalue weighted by molar-refractivity contribution is 9.10. The third-order valence-corrected chi connectivity index (χ3v) is 7.47. The summed E-state index contributed by atoms with van der Waals surface area (Å²) in [5, 5.41) is 0. The zero-order valence-corrected chi connectivity index (χ0v) is 21.8. The Balaban J connectivity index is 1.54. The predicted octanol–water partition coefficient (Wildman–Crippen LogP) is 5.95. The molecule has 2 aromatic heterocycles. The molecule has 178 valence electrons. The number of halogens is 2. The normalized spacial score (nSPS) is 12.1. The van der Waals surface area contributed by atoms with Crippen LogP contribution in [0.2, 0.25) is 0 Å². The molecule has 0 amide bonds. The molecule has 0 fully saturated rings. The van der Waals surface area contributed by atoms with E-state index < -0.39 is 0 Å². The minimum atomic E-state index is -0.289. The second-order valence-electron chi connectivity index (χ2n) is 8.24. The Morgan fingerprint density at radius 1 is 1.06 bits per heavy atom. The maximum atomic E-state index is 13.3. The van der Waals surface area contributed by atoms with Crippen molar-refractivity contribution in [3.05, 3.63) is 96.0 Å². The van der Waals surface area contributed by atoms with E-state index in [2.05, 4.69) is 20.9 Å². The van der Waals surface area contributed by atoms with E-state index in [1.54, 1.807) is 16.5 Å². The summed E-state index contributed by atoms with van der Waals surface area (Å²) in [5.41, 5.74) is 5.45. The molecule has 5 rings (SSSR count). The van der Waals surface area contributed by atoms with E-state index in [-0.39, 0.29) is 18.0 Å². The molecule has 35 heavy (non-hydrogen) atoms. The third-order valence-electron chi connectivity index (χ3n) is 5.81. The third kappa shape index (κ3) is 4.56. The molecule has 5 aromatic rings. The van der Waals surface area contributed by atoms with E-state index in [4.69, 9.17) is 9.47 Å². The molecule has 0 unspecified atom stereocenters. The average Bonchev–Trinajstić information content (AvgIpc) is 3.32. The molecule has 8 heteroatoms. The van der Waals surface area contributed by atoms with Crippen LogP contribution in [0.25, 0.3) is 22.1 Å². The van der Waals surface area contributed by atoms with Crippen molar-refractivity contribution >= 4 is 49.3 Å². The number of imidazole rings is 1. The van der Waals surface area contributed by atoms with Gasteiger partial charge in [0, 0.05) is 4.47 Å². The van der Waals surface area contributed by atoms with Crippen LogP contribution in [0.15, 0.2) is 57.8 Å². The molecule has 5 nitrogen and oxygen atoms in total. The van der Waals surface area contributed by atoms with Crippen molar-refractivity contribution in [2.45, 2.75) is 27.4 Å². The molecule has 0 aliphatic carbocycles. The number of aromatic nitrogens is 2. The van der Waals surface area contributed by atoms with Crippen LogP contribution in [0.1, 0.15) is 29.2 Å². The van der Waals surface area contributed by atoms with Crippen molar-refractivity contribution in [3.8, 4) is 11.5 Å². The molecular weight excluding hydrogens is 531 g/mol. The number of rotatable bonds is 6. The Hall–Kier alpha value is -3.23. The molecule has 0 bridgehead atoms. The van der Waals surface area contributed by atoms with E-state index >= 15 is 0 Å². The largest absolute Gasteiger partial charge is 0.490 e. The lowest BCUT2D eigenvalue weighted by Gasteiger charge is -2.14. The molecule has 0 radical (unpaired) electrons. The minimum absolute atomic E-state index is 0.0998. The molecule has 0 aliphatic rings. The second kappa shape index (κ2) is 9.43. The predicted molar refractivity (Wildman–Crippen MR) is 141 cm³/mol. The van der Waals surface area contributed by atoms with Crippen molar-refractivity contribution in [1.29, 1.82) is 0 Å². The lowest BCUT2D eigenvalue weighted by Crippen LogP contribution is -2.22. The Bertz CT molecular complexity index is 1680. The first-order valence-electron chi connectivity index (χ1n) is 11.1. The number of hydrogen-bond acceptors (Lipinski definition) is 5. The molecule has 0 spiro atoms. The number of fused-ring (bicyclic) bond motifs is 3. The topological polar surface area (TPSA) is 52.8 Å². The van der Waals surface area contributed by atoms with Gasteiger partial charge in [0.25, 0.3) is 5.56 Å². The van der Waals surface area contributed by atoms with Gasteiger partial charge in [-0.3, -0.25) is 4.79 Å². The molecule has 0 N–H and O–H groups in total. The van der Waals surface area contributed by atoms with Gasteiger partial charge in [-0.2, -0.15) is 0 Å². The van der Waals surface area contributed by atoms with Crippen LogP contribution in [0.5, 0.6) is 11.5 Å². The Morgan fingerprint density at radius 3 is 2.51 bits per heavy atom. The van der Waals surface area contributed by atoms with E-state index in [0.29, 0.717) is 27.6 Å². The number of aryl methyl sites for hydroxylation is 2. The zero-order chi connectivity index (χ0) is 24.7. The SMILES string of the molecule is CCOc1cc(/C=c2\sc3nc4cc(C)c(C)cc4n3c2=O)c(Br)cc1OCc1ccc(F)cc1. The highest BCUT2D eigenvalue weighted by atomic mass is 79.9. The standard InChI is InChI=1S/C27H22BrFN2O3S/c1-4-33-23-11-18(20(28)13-24(23)34-14-17-5-7-19(29)8-6-17)12-25-26(32)31-22-10-16(3)15(2)9-21(22)30-27(31)35-25/h5-13H,4,14H2,1-3H3/b25-12-. The Morgan fingerprint density at radius 2 is 1.77 bits per heavy atom. The maximum absolute atomic E-state index is 13.3. The van der Waals surface area contributed by atoms with Gasteiger partial charge in [0.2, 0.25) is 0 Å². The van der Waals surface area contributed by atoms with Crippen LogP contribution in [-0.2, 0) is 6.61 Å². The molecule has 0 atom stereocenters. The highest BCUT2D eigenvalue weighted by Crippen LogP contribution is 2.35. The summed E-state index contributed by atoms with van der Waals surface area (Å²) < 4.78 is 28.0. The van der Waals surface area contributed by atoms with Gasteiger partial charge in [-0.25, -0.2) is 13.8 Å². The fraction of sp³-hybridized carbons (Fsp3) is 0.185. The molecule has 0 saturated heterocycles. The quantitative estimate of drug-likeness (QED) is 0.261. The van der Waals surface area contributed by atoms with Crippen LogP contribution in [0.3, 0.4) is 0 Å². The number of benzene rings is 3. The van der Waals surface area contributed by atoms with Gasteiger partial charge in [0.15, 0.2) is 16.5 Å². The summed E-state index contributed by atoms with van der Waals surface area (Å²) >= 11 is 4.96. The first-order valence-corrected chi connectivity index (χ1v) is 12.7. The van der Waals surface area contributed by atoms with Crippen LogP contribution in [0, 0.1) is 19.7 Å². The number of nitrogens with zero attached hydrogens (tertiary/aromatic N) is 2. The molecule has 3 aromatic carbocycles. The van der Waals surface area contributed by atoms with Crippen molar-refractivity contribution in [2.24, 2.45) is 0 Å². The van der Waals surface area contributed by atoms with Gasteiger partial charge < -0.3 is 9.47 Å². The summed E-state index contributed by atoms with van der Waals surface area (Å²) in [6.07, 6.45) is 1.84. The van der Waals surface area contributed by atoms with Crippen LogP contribution < -0.4 is 19.6 Å².